The highest BCUT2D eigenvalue weighted by molar-refractivity contribution is 4.98. The van der Waals surface area contributed by atoms with Crippen LogP contribution in [-0.4, -0.2) is 71.7 Å². The molecule has 2 saturated heterocycles. The SMILES string of the molecule is CC(C)NCC1OC(CO)C(O)C1N1CCCC1. The zero-order chi connectivity index (χ0) is 13.1. The highest BCUT2D eigenvalue weighted by Crippen LogP contribution is 2.28. The third kappa shape index (κ3) is 3.03. The number of ether oxygens (including phenoxy) is 1. The minimum Gasteiger partial charge on any atom is -0.394 e. The minimum atomic E-state index is -0.577. The molecule has 0 aromatic carbocycles. The Morgan fingerprint density at radius 2 is 1.94 bits per heavy atom. The molecule has 2 fully saturated rings. The number of likely N-dealkylation sites (tertiary alicyclic amines) is 1. The van der Waals surface area contributed by atoms with Crippen LogP contribution in [0.15, 0.2) is 0 Å². The van der Waals surface area contributed by atoms with Crippen molar-refractivity contribution in [1.29, 1.82) is 0 Å². The maximum Gasteiger partial charge on any atom is 0.109 e. The van der Waals surface area contributed by atoms with Crippen LogP contribution in [0.3, 0.4) is 0 Å². The van der Waals surface area contributed by atoms with Crippen LogP contribution in [-0.2, 0) is 4.74 Å². The van der Waals surface area contributed by atoms with Crippen LogP contribution in [0.4, 0.5) is 0 Å². The van der Waals surface area contributed by atoms with E-state index >= 15 is 0 Å². The summed E-state index contributed by atoms with van der Waals surface area (Å²) in [7, 11) is 0. The lowest BCUT2D eigenvalue weighted by Gasteiger charge is -2.30. The molecular formula is C13H26N2O3. The molecule has 0 aliphatic carbocycles. The van der Waals surface area contributed by atoms with Crippen LogP contribution in [0, 0.1) is 0 Å². The normalized spacial score (nSPS) is 37.8. The lowest BCUT2D eigenvalue weighted by molar-refractivity contribution is -0.0216. The van der Waals surface area contributed by atoms with Gasteiger partial charge in [-0.05, 0) is 25.9 Å². The first-order valence-corrected chi connectivity index (χ1v) is 7.05. The summed E-state index contributed by atoms with van der Waals surface area (Å²) in [5.41, 5.74) is 0. The second-order valence-electron chi connectivity index (χ2n) is 5.68. The van der Waals surface area contributed by atoms with Gasteiger partial charge in [-0.3, -0.25) is 4.90 Å². The summed E-state index contributed by atoms with van der Waals surface area (Å²) >= 11 is 0. The smallest absolute Gasteiger partial charge is 0.109 e. The summed E-state index contributed by atoms with van der Waals surface area (Å²) in [6, 6.07) is 0.425. The molecule has 5 heteroatoms. The second-order valence-corrected chi connectivity index (χ2v) is 5.68. The van der Waals surface area contributed by atoms with E-state index in [0.717, 1.165) is 19.6 Å². The zero-order valence-electron chi connectivity index (χ0n) is 11.4. The van der Waals surface area contributed by atoms with Gasteiger partial charge in [-0.25, -0.2) is 0 Å². The van der Waals surface area contributed by atoms with Crippen molar-refractivity contribution in [2.75, 3.05) is 26.2 Å². The van der Waals surface area contributed by atoms with E-state index in [1.165, 1.54) is 12.8 Å². The summed E-state index contributed by atoms with van der Waals surface area (Å²) in [5.74, 6) is 0. The third-order valence-corrected chi connectivity index (χ3v) is 3.93. The zero-order valence-corrected chi connectivity index (χ0v) is 11.4. The number of rotatable bonds is 5. The van der Waals surface area contributed by atoms with Crippen LogP contribution < -0.4 is 5.32 Å². The molecule has 106 valence electrons. The van der Waals surface area contributed by atoms with Crippen molar-refractivity contribution >= 4 is 0 Å². The summed E-state index contributed by atoms with van der Waals surface area (Å²) < 4.78 is 5.79. The first-order chi connectivity index (χ1) is 8.63. The Kier molecular flexibility index (Phi) is 4.98. The standard InChI is InChI=1S/C13H26N2O3/c1-9(2)14-7-10-12(15-5-3-4-6-15)13(17)11(8-16)18-10/h9-14,16-17H,3-8H2,1-2H3. The topological polar surface area (TPSA) is 65.0 Å². The van der Waals surface area contributed by atoms with Gasteiger partial charge in [-0.1, -0.05) is 13.8 Å². The van der Waals surface area contributed by atoms with E-state index in [1.807, 2.05) is 0 Å². The molecule has 0 amide bonds. The lowest BCUT2D eigenvalue weighted by Crippen LogP contribution is -2.50. The number of nitrogens with zero attached hydrogens (tertiary/aromatic N) is 1. The molecule has 18 heavy (non-hydrogen) atoms. The summed E-state index contributed by atoms with van der Waals surface area (Å²) in [5, 5.41) is 22.9. The first kappa shape index (κ1) is 14.2. The predicted octanol–water partition coefficient (Wildman–Crippen LogP) is -0.431. The summed E-state index contributed by atoms with van der Waals surface area (Å²) in [6.07, 6.45) is 1.34. The van der Waals surface area contributed by atoms with Gasteiger partial charge in [-0.15, -0.1) is 0 Å². The average Bonchev–Trinajstić information content (AvgIpc) is 2.93. The van der Waals surface area contributed by atoms with Crippen molar-refractivity contribution in [1.82, 2.24) is 10.2 Å². The molecule has 0 bridgehead atoms. The molecule has 0 spiro atoms. The predicted molar refractivity (Wildman–Crippen MR) is 69.5 cm³/mol. The van der Waals surface area contributed by atoms with Gasteiger partial charge in [0, 0.05) is 12.6 Å². The fourth-order valence-electron chi connectivity index (χ4n) is 2.99. The maximum absolute atomic E-state index is 10.3. The molecule has 2 rings (SSSR count). The molecule has 2 heterocycles. The van der Waals surface area contributed by atoms with Gasteiger partial charge in [0.15, 0.2) is 0 Å². The highest BCUT2D eigenvalue weighted by atomic mass is 16.5. The Labute approximate surface area is 109 Å². The van der Waals surface area contributed by atoms with Crippen LogP contribution in [0.1, 0.15) is 26.7 Å². The molecular weight excluding hydrogens is 232 g/mol. The molecule has 5 nitrogen and oxygen atoms in total. The molecule has 2 aliphatic heterocycles. The quantitative estimate of drug-likeness (QED) is 0.624. The van der Waals surface area contributed by atoms with Crippen LogP contribution in [0.2, 0.25) is 0 Å². The van der Waals surface area contributed by atoms with E-state index in [-0.39, 0.29) is 18.8 Å². The number of nitrogens with one attached hydrogen (secondary N) is 1. The Bertz CT molecular complexity index is 257. The van der Waals surface area contributed by atoms with Gasteiger partial charge in [0.05, 0.1) is 18.8 Å². The molecule has 3 N–H and O–H groups in total. The Morgan fingerprint density at radius 1 is 1.28 bits per heavy atom. The van der Waals surface area contributed by atoms with Gasteiger partial charge in [0.1, 0.15) is 12.2 Å². The average molecular weight is 258 g/mol. The number of aliphatic hydroxyl groups excluding tert-OH is 2. The highest BCUT2D eigenvalue weighted by Gasteiger charge is 2.46. The van der Waals surface area contributed by atoms with Crippen molar-refractivity contribution in [2.45, 2.75) is 57.1 Å². The molecule has 4 unspecified atom stereocenters. The van der Waals surface area contributed by atoms with Crippen LogP contribution in [0.5, 0.6) is 0 Å². The van der Waals surface area contributed by atoms with Crippen molar-refractivity contribution in [3.8, 4) is 0 Å². The van der Waals surface area contributed by atoms with Gasteiger partial charge < -0.3 is 20.3 Å². The van der Waals surface area contributed by atoms with Gasteiger partial charge in [-0.2, -0.15) is 0 Å². The Hall–Kier alpha value is -0.200. The monoisotopic (exact) mass is 258 g/mol. The molecule has 0 saturated carbocycles. The van der Waals surface area contributed by atoms with Crippen molar-refractivity contribution in [3.05, 3.63) is 0 Å². The first-order valence-electron chi connectivity index (χ1n) is 7.05. The number of hydrogen-bond acceptors (Lipinski definition) is 5. The third-order valence-electron chi connectivity index (χ3n) is 3.93. The van der Waals surface area contributed by atoms with E-state index in [4.69, 9.17) is 4.74 Å². The van der Waals surface area contributed by atoms with E-state index in [2.05, 4.69) is 24.1 Å². The summed E-state index contributed by atoms with van der Waals surface area (Å²) in [4.78, 5) is 2.31. The largest absolute Gasteiger partial charge is 0.394 e. The fourth-order valence-corrected chi connectivity index (χ4v) is 2.99. The van der Waals surface area contributed by atoms with Crippen LogP contribution in [0.25, 0.3) is 0 Å². The van der Waals surface area contributed by atoms with Gasteiger partial charge >= 0.3 is 0 Å². The van der Waals surface area contributed by atoms with Crippen LogP contribution >= 0.6 is 0 Å². The Balaban J connectivity index is 2.00. The van der Waals surface area contributed by atoms with E-state index in [0.29, 0.717) is 6.04 Å². The number of aliphatic hydroxyl groups is 2. The van der Waals surface area contributed by atoms with E-state index in [9.17, 15) is 10.2 Å². The molecule has 0 radical (unpaired) electrons. The lowest BCUT2D eigenvalue weighted by atomic mass is 10.0. The molecule has 4 atom stereocenters. The second kappa shape index (κ2) is 6.30. The van der Waals surface area contributed by atoms with Crippen molar-refractivity contribution in [3.63, 3.8) is 0 Å². The fraction of sp³-hybridized carbons (Fsp3) is 1.00. The van der Waals surface area contributed by atoms with E-state index in [1.54, 1.807) is 0 Å². The van der Waals surface area contributed by atoms with Gasteiger partial charge in [0.2, 0.25) is 0 Å². The van der Waals surface area contributed by atoms with E-state index < -0.39 is 12.2 Å². The minimum absolute atomic E-state index is 0.0240. The van der Waals surface area contributed by atoms with Crippen molar-refractivity contribution in [2.24, 2.45) is 0 Å². The van der Waals surface area contributed by atoms with Crippen molar-refractivity contribution < 1.29 is 14.9 Å². The number of hydrogen-bond donors (Lipinski definition) is 3. The summed E-state index contributed by atoms with van der Waals surface area (Å²) in [6.45, 7) is 6.87. The Morgan fingerprint density at radius 3 is 2.50 bits per heavy atom. The molecule has 2 aliphatic rings. The van der Waals surface area contributed by atoms with Gasteiger partial charge in [0.25, 0.3) is 0 Å². The maximum atomic E-state index is 10.3. The molecule has 0 aromatic heterocycles. The molecule has 0 aromatic rings.